The molecule has 0 aromatic heterocycles. The van der Waals surface area contributed by atoms with Gasteiger partial charge in [0.05, 0.1) is 12.5 Å². The normalized spacial score (nSPS) is 12.6. The summed E-state index contributed by atoms with van der Waals surface area (Å²) in [6.07, 6.45) is 0. The first-order valence-corrected chi connectivity index (χ1v) is 5.89. The molecule has 0 unspecified atom stereocenters. The first kappa shape index (κ1) is 17.4. The molecule has 18 heavy (non-hydrogen) atoms. The molecule has 102 valence electrons. The van der Waals surface area contributed by atoms with Gasteiger partial charge in [-0.15, -0.1) is 12.4 Å². The fourth-order valence-electron chi connectivity index (χ4n) is 1.53. The summed E-state index contributed by atoms with van der Waals surface area (Å²) >= 11 is 3.24. The third-order valence-corrected chi connectivity index (χ3v) is 3.47. The Kier molecular flexibility index (Phi) is 6.26. The quantitative estimate of drug-likeness (QED) is 0.860. The van der Waals surface area contributed by atoms with Crippen molar-refractivity contribution < 1.29 is 13.9 Å². The summed E-state index contributed by atoms with van der Waals surface area (Å²) in [5.74, 6) is -0.759. The average Bonchev–Trinajstić information content (AvgIpc) is 2.27. The molecule has 0 spiro atoms. The first-order valence-electron chi connectivity index (χ1n) is 5.09. The van der Waals surface area contributed by atoms with Gasteiger partial charge in [-0.25, -0.2) is 4.39 Å². The molecule has 0 fully saturated rings. The summed E-state index contributed by atoms with van der Waals surface area (Å²) in [5.41, 5.74) is 5.84. The molecule has 1 atom stereocenters. The number of ether oxygens (including phenoxy) is 1. The lowest BCUT2D eigenvalue weighted by Gasteiger charge is -2.29. The van der Waals surface area contributed by atoms with Gasteiger partial charge in [-0.3, -0.25) is 4.79 Å². The lowest BCUT2D eigenvalue weighted by atomic mass is 9.81. The van der Waals surface area contributed by atoms with Crippen LogP contribution in [0.4, 0.5) is 4.39 Å². The van der Waals surface area contributed by atoms with Crippen molar-refractivity contribution >= 4 is 34.3 Å². The van der Waals surface area contributed by atoms with E-state index >= 15 is 0 Å². The van der Waals surface area contributed by atoms with E-state index in [-0.39, 0.29) is 18.2 Å². The number of hydrogen-bond acceptors (Lipinski definition) is 3. The van der Waals surface area contributed by atoms with Crippen LogP contribution in [0.25, 0.3) is 0 Å². The molecule has 0 aliphatic heterocycles. The van der Waals surface area contributed by atoms with Gasteiger partial charge in [0.15, 0.2) is 0 Å². The minimum atomic E-state index is -0.880. The third-order valence-electron chi connectivity index (χ3n) is 2.79. The van der Waals surface area contributed by atoms with E-state index in [0.717, 1.165) is 0 Å². The third kappa shape index (κ3) is 3.43. The Labute approximate surface area is 120 Å². The zero-order chi connectivity index (χ0) is 13.2. The lowest BCUT2D eigenvalue weighted by Crippen LogP contribution is -2.37. The van der Waals surface area contributed by atoms with E-state index in [1.54, 1.807) is 19.9 Å². The molecule has 0 heterocycles. The zero-order valence-electron chi connectivity index (χ0n) is 10.4. The van der Waals surface area contributed by atoms with Crippen molar-refractivity contribution in [3.05, 3.63) is 34.1 Å². The van der Waals surface area contributed by atoms with Crippen LogP contribution in [0.5, 0.6) is 0 Å². The van der Waals surface area contributed by atoms with Gasteiger partial charge in [0.2, 0.25) is 0 Å². The van der Waals surface area contributed by atoms with Gasteiger partial charge in [-0.1, -0.05) is 22.0 Å². The minimum Gasteiger partial charge on any atom is -0.469 e. The molecule has 0 bridgehead atoms. The molecule has 3 nitrogen and oxygen atoms in total. The average molecular weight is 341 g/mol. The summed E-state index contributed by atoms with van der Waals surface area (Å²) in [7, 11) is 1.32. The Morgan fingerprint density at radius 2 is 2.06 bits per heavy atom. The van der Waals surface area contributed by atoms with Crippen LogP contribution in [-0.4, -0.2) is 13.1 Å². The van der Waals surface area contributed by atoms with Gasteiger partial charge in [0.25, 0.3) is 0 Å². The maximum Gasteiger partial charge on any atom is 0.313 e. The van der Waals surface area contributed by atoms with Crippen LogP contribution < -0.4 is 5.73 Å². The Hall–Kier alpha value is -0.650. The molecular weight excluding hydrogens is 324 g/mol. The number of nitrogens with two attached hydrogens (primary N) is 1. The number of halogens is 3. The van der Waals surface area contributed by atoms with Crippen LogP contribution >= 0.6 is 28.3 Å². The molecule has 0 saturated carbocycles. The number of benzene rings is 1. The van der Waals surface area contributed by atoms with E-state index in [9.17, 15) is 9.18 Å². The van der Waals surface area contributed by atoms with Crippen LogP contribution in [0, 0.1) is 11.2 Å². The Bertz CT molecular complexity index is 440. The molecule has 1 aromatic rings. The van der Waals surface area contributed by atoms with Crippen molar-refractivity contribution in [2.75, 3.05) is 7.11 Å². The monoisotopic (exact) mass is 339 g/mol. The fourth-order valence-corrected chi connectivity index (χ4v) is 2.13. The molecule has 1 aromatic carbocycles. The first-order chi connectivity index (χ1) is 7.80. The minimum absolute atomic E-state index is 0. The fraction of sp³-hybridized carbons (Fsp3) is 0.417. The largest absolute Gasteiger partial charge is 0.469 e. The topological polar surface area (TPSA) is 52.3 Å². The second-order valence-corrected chi connectivity index (χ2v) is 5.21. The number of rotatable bonds is 3. The van der Waals surface area contributed by atoms with Gasteiger partial charge in [-0.2, -0.15) is 0 Å². The lowest BCUT2D eigenvalue weighted by molar-refractivity contribution is -0.152. The van der Waals surface area contributed by atoms with Crippen LogP contribution in [-0.2, 0) is 9.53 Å². The van der Waals surface area contributed by atoms with Crippen molar-refractivity contribution in [1.29, 1.82) is 0 Å². The van der Waals surface area contributed by atoms with Gasteiger partial charge in [0.1, 0.15) is 5.82 Å². The van der Waals surface area contributed by atoms with E-state index in [2.05, 4.69) is 15.9 Å². The molecule has 0 aliphatic carbocycles. The van der Waals surface area contributed by atoms with E-state index < -0.39 is 17.4 Å². The molecule has 0 radical (unpaired) electrons. The number of hydrogen-bond donors (Lipinski definition) is 1. The van der Waals surface area contributed by atoms with Gasteiger partial charge >= 0.3 is 5.97 Å². The van der Waals surface area contributed by atoms with Gasteiger partial charge in [0, 0.05) is 10.5 Å². The predicted octanol–water partition coefficient (Wildman–Crippen LogP) is 3.21. The number of methoxy groups -OCH3 is 1. The molecule has 1 rings (SSSR count). The second-order valence-electron chi connectivity index (χ2n) is 4.36. The van der Waals surface area contributed by atoms with Gasteiger partial charge in [-0.05, 0) is 31.5 Å². The SMILES string of the molecule is COC(=O)C(C)(C)[C@H](N)c1ccc(F)cc1Br.Cl. The summed E-state index contributed by atoms with van der Waals surface area (Å²) < 4.78 is 18.2. The van der Waals surface area contributed by atoms with Crippen LogP contribution in [0.1, 0.15) is 25.5 Å². The van der Waals surface area contributed by atoms with Crippen molar-refractivity contribution in [3.63, 3.8) is 0 Å². The molecule has 0 saturated heterocycles. The second kappa shape index (κ2) is 6.50. The maximum atomic E-state index is 13.0. The zero-order valence-corrected chi connectivity index (χ0v) is 12.8. The van der Waals surface area contributed by atoms with E-state index in [1.807, 2.05) is 0 Å². The molecule has 6 heteroatoms. The van der Waals surface area contributed by atoms with E-state index in [1.165, 1.54) is 19.2 Å². The highest BCUT2D eigenvalue weighted by Gasteiger charge is 2.37. The Balaban J connectivity index is 0.00000289. The maximum absolute atomic E-state index is 13.0. The Morgan fingerprint density at radius 3 is 2.50 bits per heavy atom. The molecule has 0 aliphatic rings. The van der Waals surface area contributed by atoms with Crippen molar-refractivity contribution in [1.82, 2.24) is 0 Å². The molecule has 2 N–H and O–H groups in total. The number of esters is 1. The van der Waals surface area contributed by atoms with E-state index in [4.69, 9.17) is 10.5 Å². The Morgan fingerprint density at radius 1 is 1.50 bits per heavy atom. The highest BCUT2D eigenvalue weighted by molar-refractivity contribution is 9.10. The van der Waals surface area contributed by atoms with Gasteiger partial charge < -0.3 is 10.5 Å². The summed E-state index contributed by atoms with van der Waals surface area (Å²) in [6, 6.07) is 3.62. The molecular formula is C12H16BrClFNO2. The summed E-state index contributed by atoms with van der Waals surface area (Å²) in [6.45, 7) is 3.39. The standard InChI is InChI=1S/C12H15BrFNO2.ClH/c1-12(2,11(16)17-3)10(15)8-5-4-7(14)6-9(8)13;/h4-6,10H,15H2,1-3H3;1H/t10-;/m1./s1. The predicted molar refractivity (Wildman–Crippen MR) is 74.1 cm³/mol. The van der Waals surface area contributed by atoms with Crippen molar-refractivity contribution in [2.45, 2.75) is 19.9 Å². The number of carbonyl (C=O) groups excluding carboxylic acids is 1. The highest BCUT2D eigenvalue weighted by Crippen LogP contribution is 2.36. The summed E-state index contributed by atoms with van der Waals surface area (Å²) in [4.78, 5) is 11.6. The smallest absolute Gasteiger partial charge is 0.313 e. The highest BCUT2D eigenvalue weighted by atomic mass is 79.9. The van der Waals surface area contributed by atoms with Crippen molar-refractivity contribution in [3.8, 4) is 0 Å². The van der Waals surface area contributed by atoms with Crippen LogP contribution in [0.15, 0.2) is 22.7 Å². The van der Waals surface area contributed by atoms with Crippen molar-refractivity contribution in [2.24, 2.45) is 11.1 Å². The summed E-state index contributed by atoms with van der Waals surface area (Å²) in [5, 5.41) is 0. The number of carbonyl (C=O) groups is 1. The van der Waals surface area contributed by atoms with Crippen LogP contribution in [0.2, 0.25) is 0 Å². The van der Waals surface area contributed by atoms with Crippen LogP contribution in [0.3, 0.4) is 0 Å². The molecule has 0 amide bonds. The van der Waals surface area contributed by atoms with E-state index in [0.29, 0.717) is 10.0 Å².